The van der Waals surface area contributed by atoms with Gasteiger partial charge >= 0.3 is 0 Å². The molecule has 0 aliphatic carbocycles. The van der Waals surface area contributed by atoms with Crippen LogP contribution in [0.15, 0.2) is 48.5 Å². The summed E-state index contributed by atoms with van der Waals surface area (Å²) in [5.41, 5.74) is 5.74. The second-order valence-corrected chi connectivity index (χ2v) is 4.61. The molecule has 0 spiro atoms. The van der Waals surface area contributed by atoms with Crippen LogP contribution in [0.4, 0.5) is 0 Å². The Hall–Kier alpha value is -2.49. The van der Waals surface area contributed by atoms with Crippen molar-refractivity contribution in [3.63, 3.8) is 0 Å². The van der Waals surface area contributed by atoms with Gasteiger partial charge in [0, 0.05) is 0 Å². The lowest BCUT2D eigenvalue weighted by Gasteiger charge is -2.14. The zero-order valence-corrected chi connectivity index (χ0v) is 12.0. The highest BCUT2D eigenvalue weighted by atomic mass is 16.5. The first-order chi connectivity index (χ1) is 10.2. The lowest BCUT2D eigenvalue weighted by atomic mass is 10.1. The number of hydrogen-bond acceptors (Lipinski definition) is 3. The molecule has 1 amide bonds. The predicted molar refractivity (Wildman–Crippen MR) is 81.9 cm³/mol. The van der Waals surface area contributed by atoms with Crippen molar-refractivity contribution in [2.75, 3.05) is 6.61 Å². The number of ether oxygens (including phenoxy) is 2. The molecule has 0 saturated carbocycles. The molecule has 2 aromatic rings. The fourth-order valence-corrected chi connectivity index (χ4v) is 1.87. The molecule has 0 unspecified atom stereocenters. The van der Waals surface area contributed by atoms with Crippen LogP contribution in [0.25, 0.3) is 0 Å². The van der Waals surface area contributed by atoms with Gasteiger partial charge in [-0.3, -0.25) is 4.79 Å². The average Bonchev–Trinajstić information content (AvgIpc) is 2.49. The number of rotatable bonds is 7. The third-order valence-electron chi connectivity index (χ3n) is 2.96. The second kappa shape index (κ2) is 7.33. The topological polar surface area (TPSA) is 61.6 Å². The molecule has 0 heterocycles. The minimum absolute atomic E-state index is 0.333. The van der Waals surface area contributed by atoms with E-state index < -0.39 is 5.91 Å². The van der Waals surface area contributed by atoms with Crippen LogP contribution in [0.3, 0.4) is 0 Å². The first-order valence-electron chi connectivity index (χ1n) is 7.01. The van der Waals surface area contributed by atoms with Gasteiger partial charge in [0.05, 0.1) is 12.2 Å². The maximum absolute atomic E-state index is 11.5. The number of primary amides is 1. The van der Waals surface area contributed by atoms with Crippen LogP contribution in [0.1, 0.15) is 30.1 Å². The maximum Gasteiger partial charge on any atom is 0.252 e. The standard InChI is InChI=1S/C17H19NO3/c1-2-3-12-20-16-14(17(18)19)10-7-11-15(16)21-13-8-5-4-6-9-13/h4-11H,2-3,12H2,1H3,(H2,18,19). The van der Waals surface area contributed by atoms with E-state index in [0.29, 0.717) is 29.4 Å². The summed E-state index contributed by atoms with van der Waals surface area (Å²) in [6.07, 6.45) is 1.91. The van der Waals surface area contributed by atoms with Crippen molar-refractivity contribution in [3.05, 3.63) is 54.1 Å². The van der Waals surface area contributed by atoms with Crippen LogP contribution in [-0.2, 0) is 0 Å². The number of carbonyl (C=O) groups is 1. The maximum atomic E-state index is 11.5. The van der Waals surface area contributed by atoms with Gasteiger partial charge in [0.1, 0.15) is 5.75 Å². The van der Waals surface area contributed by atoms with E-state index in [1.165, 1.54) is 0 Å². The first-order valence-corrected chi connectivity index (χ1v) is 7.01. The fourth-order valence-electron chi connectivity index (χ4n) is 1.87. The lowest BCUT2D eigenvalue weighted by molar-refractivity contribution is 0.0995. The van der Waals surface area contributed by atoms with Crippen molar-refractivity contribution in [2.45, 2.75) is 19.8 Å². The Labute approximate surface area is 124 Å². The van der Waals surface area contributed by atoms with Gasteiger partial charge in [-0.15, -0.1) is 0 Å². The number of hydrogen-bond donors (Lipinski definition) is 1. The highest BCUT2D eigenvalue weighted by Gasteiger charge is 2.15. The molecule has 0 saturated heterocycles. The van der Waals surface area contributed by atoms with E-state index in [2.05, 4.69) is 6.92 Å². The van der Waals surface area contributed by atoms with Gasteiger partial charge in [-0.05, 0) is 30.7 Å². The Balaban J connectivity index is 2.30. The molecule has 0 aliphatic heterocycles. The molecule has 2 N–H and O–H groups in total. The first kappa shape index (κ1) is 14.9. The normalized spacial score (nSPS) is 10.1. The number of amides is 1. The second-order valence-electron chi connectivity index (χ2n) is 4.61. The molecule has 21 heavy (non-hydrogen) atoms. The molecule has 0 fully saturated rings. The molecular formula is C17H19NO3. The van der Waals surface area contributed by atoms with E-state index in [1.807, 2.05) is 30.3 Å². The number of unbranched alkanes of at least 4 members (excludes halogenated alkanes) is 1. The summed E-state index contributed by atoms with van der Waals surface area (Å²) >= 11 is 0. The third-order valence-corrected chi connectivity index (χ3v) is 2.96. The smallest absolute Gasteiger partial charge is 0.252 e. The van der Waals surface area contributed by atoms with Crippen molar-refractivity contribution in [3.8, 4) is 17.2 Å². The minimum atomic E-state index is -0.528. The summed E-state index contributed by atoms with van der Waals surface area (Å²) in [5, 5.41) is 0. The molecule has 4 nitrogen and oxygen atoms in total. The van der Waals surface area contributed by atoms with Crippen LogP contribution >= 0.6 is 0 Å². The summed E-state index contributed by atoms with van der Waals surface area (Å²) in [7, 11) is 0. The Morgan fingerprint density at radius 3 is 2.52 bits per heavy atom. The zero-order chi connectivity index (χ0) is 15.1. The molecule has 0 aliphatic rings. The van der Waals surface area contributed by atoms with Gasteiger partial charge in [-0.25, -0.2) is 0 Å². The van der Waals surface area contributed by atoms with Crippen molar-refractivity contribution >= 4 is 5.91 Å². The molecule has 0 radical (unpaired) electrons. The van der Waals surface area contributed by atoms with Gasteiger partial charge < -0.3 is 15.2 Å². The van der Waals surface area contributed by atoms with Crippen LogP contribution in [-0.4, -0.2) is 12.5 Å². The summed E-state index contributed by atoms with van der Waals surface area (Å²) in [5.74, 6) is 1.05. The zero-order valence-electron chi connectivity index (χ0n) is 12.0. The Morgan fingerprint density at radius 1 is 1.10 bits per heavy atom. The van der Waals surface area contributed by atoms with Crippen molar-refractivity contribution in [2.24, 2.45) is 5.73 Å². The van der Waals surface area contributed by atoms with Gasteiger partial charge in [0.2, 0.25) is 0 Å². The van der Waals surface area contributed by atoms with E-state index in [4.69, 9.17) is 15.2 Å². The number of para-hydroxylation sites is 2. The monoisotopic (exact) mass is 285 g/mol. The van der Waals surface area contributed by atoms with Crippen molar-refractivity contribution < 1.29 is 14.3 Å². The van der Waals surface area contributed by atoms with E-state index in [9.17, 15) is 4.79 Å². The minimum Gasteiger partial charge on any atom is -0.489 e. The number of benzene rings is 2. The van der Waals surface area contributed by atoms with Gasteiger partial charge in [-0.2, -0.15) is 0 Å². The lowest BCUT2D eigenvalue weighted by Crippen LogP contribution is -2.14. The molecular weight excluding hydrogens is 266 g/mol. The van der Waals surface area contributed by atoms with Crippen LogP contribution in [0.2, 0.25) is 0 Å². The highest BCUT2D eigenvalue weighted by molar-refractivity contribution is 5.96. The molecule has 0 bridgehead atoms. The van der Waals surface area contributed by atoms with Gasteiger partial charge in [0.15, 0.2) is 11.5 Å². The molecule has 4 heteroatoms. The molecule has 0 atom stereocenters. The average molecular weight is 285 g/mol. The van der Waals surface area contributed by atoms with Gasteiger partial charge in [-0.1, -0.05) is 37.6 Å². The Morgan fingerprint density at radius 2 is 1.86 bits per heavy atom. The van der Waals surface area contributed by atoms with Crippen molar-refractivity contribution in [1.82, 2.24) is 0 Å². The Bertz CT molecular complexity index is 596. The largest absolute Gasteiger partial charge is 0.489 e. The van der Waals surface area contributed by atoms with Crippen LogP contribution in [0, 0.1) is 0 Å². The Kier molecular flexibility index (Phi) is 5.21. The highest BCUT2D eigenvalue weighted by Crippen LogP contribution is 2.34. The fraction of sp³-hybridized carbons (Fsp3) is 0.235. The van der Waals surface area contributed by atoms with E-state index in [0.717, 1.165) is 12.8 Å². The molecule has 0 aromatic heterocycles. The SMILES string of the molecule is CCCCOc1c(Oc2ccccc2)cccc1C(N)=O. The van der Waals surface area contributed by atoms with Crippen LogP contribution < -0.4 is 15.2 Å². The summed E-state index contributed by atoms with van der Waals surface area (Å²) < 4.78 is 11.5. The van der Waals surface area contributed by atoms with E-state index in [-0.39, 0.29) is 0 Å². The summed E-state index contributed by atoms with van der Waals surface area (Å²) in [6, 6.07) is 14.5. The molecule has 2 rings (SSSR count). The summed E-state index contributed by atoms with van der Waals surface area (Å²) in [6.45, 7) is 2.59. The molecule has 110 valence electrons. The molecule has 2 aromatic carbocycles. The summed E-state index contributed by atoms with van der Waals surface area (Å²) in [4.78, 5) is 11.5. The van der Waals surface area contributed by atoms with Crippen molar-refractivity contribution in [1.29, 1.82) is 0 Å². The number of nitrogens with two attached hydrogens (primary N) is 1. The quantitative estimate of drug-likeness (QED) is 0.788. The third kappa shape index (κ3) is 3.99. The number of carbonyl (C=O) groups excluding carboxylic acids is 1. The van der Waals surface area contributed by atoms with E-state index in [1.54, 1.807) is 18.2 Å². The van der Waals surface area contributed by atoms with Gasteiger partial charge in [0.25, 0.3) is 5.91 Å². The predicted octanol–water partition coefficient (Wildman–Crippen LogP) is 3.76. The van der Waals surface area contributed by atoms with Crippen LogP contribution in [0.5, 0.6) is 17.2 Å². The van der Waals surface area contributed by atoms with E-state index >= 15 is 0 Å².